The van der Waals surface area contributed by atoms with E-state index in [0.717, 1.165) is 11.3 Å². The largest absolute Gasteiger partial charge is 0.465 e. The highest BCUT2D eigenvalue weighted by atomic mass is 16.5. The molecule has 4 heteroatoms. The van der Waals surface area contributed by atoms with Gasteiger partial charge in [0.05, 0.1) is 18.9 Å². The molecule has 0 spiro atoms. The predicted octanol–water partition coefficient (Wildman–Crippen LogP) is 3.89. The number of hydrogen-bond donors (Lipinski definition) is 0. The maximum atomic E-state index is 8.90. The van der Waals surface area contributed by atoms with Gasteiger partial charge in [-0.1, -0.05) is 18.2 Å². The van der Waals surface area contributed by atoms with E-state index in [0.29, 0.717) is 11.3 Å². The van der Waals surface area contributed by atoms with Crippen molar-refractivity contribution in [2.45, 2.75) is 0 Å². The van der Waals surface area contributed by atoms with Crippen LogP contribution in [-0.4, -0.2) is 14.1 Å². The van der Waals surface area contributed by atoms with Crippen LogP contribution in [0.3, 0.4) is 0 Å². The molecule has 1 aromatic carbocycles. The van der Waals surface area contributed by atoms with Crippen molar-refractivity contribution >= 4 is 11.8 Å². The first kappa shape index (κ1) is 15.2. The van der Waals surface area contributed by atoms with Crippen molar-refractivity contribution in [3.8, 4) is 6.07 Å². The first-order valence-corrected chi connectivity index (χ1v) is 6.66. The lowest BCUT2D eigenvalue weighted by molar-refractivity contribution is 0.364. The fourth-order valence-electron chi connectivity index (χ4n) is 1.87. The average Bonchev–Trinajstić information content (AvgIpc) is 2.55. The quantitative estimate of drug-likeness (QED) is 0.626. The van der Waals surface area contributed by atoms with Crippen molar-refractivity contribution in [2.75, 3.05) is 19.0 Å². The monoisotopic (exact) mass is 289 g/mol. The molecule has 1 aromatic rings. The summed E-state index contributed by atoms with van der Waals surface area (Å²) >= 11 is 0. The van der Waals surface area contributed by atoms with E-state index in [1.165, 1.54) is 6.26 Å². The van der Waals surface area contributed by atoms with Crippen molar-refractivity contribution in [2.24, 2.45) is 0 Å². The molecular weight excluding hydrogens is 274 g/mol. The molecule has 0 amide bonds. The van der Waals surface area contributed by atoms with Gasteiger partial charge in [-0.25, -0.2) is 10.1 Å². The van der Waals surface area contributed by atoms with Crippen LogP contribution in [0.15, 0.2) is 65.8 Å². The highest BCUT2D eigenvalue weighted by Crippen LogP contribution is 2.20. The number of allylic oxidation sites excluding steroid dienone is 5. The van der Waals surface area contributed by atoms with Crippen LogP contribution in [0.25, 0.3) is 10.9 Å². The van der Waals surface area contributed by atoms with Crippen molar-refractivity contribution < 1.29 is 4.74 Å². The van der Waals surface area contributed by atoms with Crippen LogP contribution in [0.2, 0.25) is 0 Å². The summed E-state index contributed by atoms with van der Waals surface area (Å²) in [5.74, 6) is 0.589. The molecule has 0 saturated carbocycles. The summed E-state index contributed by atoms with van der Waals surface area (Å²) in [7, 11) is 3.99. The van der Waals surface area contributed by atoms with Gasteiger partial charge in [0, 0.05) is 19.8 Å². The van der Waals surface area contributed by atoms with Crippen LogP contribution < -0.4 is 4.90 Å². The molecule has 0 bridgehead atoms. The van der Waals surface area contributed by atoms with E-state index < -0.39 is 0 Å². The number of ether oxygens (including phenoxy) is 1. The Labute approximate surface area is 130 Å². The van der Waals surface area contributed by atoms with Crippen molar-refractivity contribution in [1.29, 1.82) is 5.26 Å². The maximum absolute atomic E-state index is 8.90. The van der Waals surface area contributed by atoms with Gasteiger partial charge >= 0.3 is 0 Å². The normalized spacial score (nSPS) is 15.5. The topological polar surface area (TPSA) is 40.6 Å². The minimum atomic E-state index is 0.0563. The van der Waals surface area contributed by atoms with E-state index in [1.54, 1.807) is 12.2 Å². The lowest BCUT2D eigenvalue weighted by Gasteiger charge is -2.12. The zero-order valence-corrected chi connectivity index (χ0v) is 12.4. The third-order valence-corrected chi connectivity index (χ3v) is 3.09. The lowest BCUT2D eigenvalue weighted by atomic mass is 10.1. The maximum Gasteiger partial charge on any atom is 0.269 e. The molecule has 0 aliphatic carbocycles. The van der Waals surface area contributed by atoms with Gasteiger partial charge < -0.3 is 9.64 Å². The van der Waals surface area contributed by atoms with Crippen LogP contribution in [-0.2, 0) is 4.74 Å². The molecule has 2 rings (SSSR count). The van der Waals surface area contributed by atoms with Gasteiger partial charge in [-0.05, 0) is 41.5 Å². The SMILES string of the molecule is [C-]#[N+]C(C#N)=C1C=COC(C=Cc2ccc(N(C)C)cc2)=C1. The van der Waals surface area contributed by atoms with Crippen molar-refractivity contribution in [1.82, 2.24) is 0 Å². The third-order valence-electron chi connectivity index (χ3n) is 3.09. The molecule has 1 heterocycles. The Morgan fingerprint density at radius 2 is 2.00 bits per heavy atom. The third kappa shape index (κ3) is 3.65. The van der Waals surface area contributed by atoms with Gasteiger partial charge in [-0.3, -0.25) is 0 Å². The van der Waals surface area contributed by atoms with E-state index in [1.807, 2.05) is 61.5 Å². The van der Waals surface area contributed by atoms with E-state index in [9.17, 15) is 0 Å². The van der Waals surface area contributed by atoms with E-state index in [2.05, 4.69) is 4.85 Å². The van der Waals surface area contributed by atoms with E-state index >= 15 is 0 Å². The first-order chi connectivity index (χ1) is 10.6. The van der Waals surface area contributed by atoms with Gasteiger partial charge in [-0.2, -0.15) is 0 Å². The Kier molecular flexibility index (Phi) is 4.80. The van der Waals surface area contributed by atoms with E-state index in [-0.39, 0.29) is 5.70 Å². The fourth-order valence-corrected chi connectivity index (χ4v) is 1.87. The number of nitriles is 1. The van der Waals surface area contributed by atoms with Crippen molar-refractivity contribution in [3.63, 3.8) is 0 Å². The molecule has 0 atom stereocenters. The second kappa shape index (κ2) is 6.97. The molecular formula is C18H15N3O. The summed E-state index contributed by atoms with van der Waals surface area (Å²) in [4.78, 5) is 5.24. The number of hydrogen-bond acceptors (Lipinski definition) is 3. The molecule has 0 saturated heterocycles. The molecule has 4 nitrogen and oxygen atoms in total. The smallest absolute Gasteiger partial charge is 0.269 e. The summed E-state index contributed by atoms with van der Waals surface area (Å²) in [6.45, 7) is 6.97. The van der Waals surface area contributed by atoms with Gasteiger partial charge in [0.2, 0.25) is 0 Å². The van der Waals surface area contributed by atoms with Crippen LogP contribution in [0.5, 0.6) is 0 Å². The zero-order chi connectivity index (χ0) is 15.9. The van der Waals surface area contributed by atoms with Crippen LogP contribution in [0, 0.1) is 17.9 Å². The Morgan fingerprint density at radius 3 is 2.59 bits per heavy atom. The van der Waals surface area contributed by atoms with Gasteiger partial charge in [0.15, 0.2) is 0 Å². The molecule has 0 unspecified atom stereocenters. The molecule has 0 fully saturated rings. The Morgan fingerprint density at radius 1 is 1.27 bits per heavy atom. The van der Waals surface area contributed by atoms with Crippen molar-refractivity contribution in [3.05, 3.63) is 82.8 Å². The van der Waals surface area contributed by atoms with Crippen LogP contribution in [0.4, 0.5) is 5.69 Å². The highest BCUT2D eigenvalue weighted by molar-refractivity contribution is 5.58. The lowest BCUT2D eigenvalue weighted by Crippen LogP contribution is -2.07. The second-order valence-corrected chi connectivity index (χ2v) is 4.81. The fraction of sp³-hybridized carbons (Fsp3) is 0.111. The molecule has 0 radical (unpaired) electrons. The van der Waals surface area contributed by atoms with Gasteiger partial charge in [-0.15, -0.1) is 0 Å². The second-order valence-electron chi connectivity index (χ2n) is 4.81. The average molecular weight is 289 g/mol. The van der Waals surface area contributed by atoms with Gasteiger partial charge in [0.1, 0.15) is 5.76 Å². The zero-order valence-electron chi connectivity index (χ0n) is 12.4. The summed E-state index contributed by atoms with van der Waals surface area (Å²) in [5.41, 5.74) is 2.79. The first-order valence-electron chi connectivity index (χ1n) is 6.66. The van der Waals surface area contributed by atoms with Crippen LogP contribution in [0.1, 0.15) is 5.56 Å². The number of anilines is 1. The highest BCUT2D eigenvalue weighted by Gasteiger charge is 2.06. The number of rotatable bonds is 3. The minimum absolute atomic E-state index is 0.0563. The molecule has 1 aliphatic rings. The Hall–Kier alpha value is -3.24. The Bertz CT molecular complexity index is 735. The number of benzene rings is 1. The number of nitrogens with zero attached hydrogens (tertiary/aromatic N) is 3. The minimum Gasteiger partial charge on any atom is -0.465 e. The standard InChI is InChI=1S/C18H15N3O/c1-20-18(13-19)15-10-11-22-17(12-15)9-6-14-4-7-16(8-5-14)21(2)3/h4-12H,2-3H3. The summed E-state index contributed by atoms with van der Waals surface area (Å²) in [6.07, 6.45) is 8.51. The Balaban J connectivity index is 2.19. The summed E-state index contributed by atoms with van der Waals surface area (Å²) in [5, 5.41) is 8.90. The molecule has 108 valence electrons. The van der Waals surface area contributed by atoms with Gasteiger partial charge in [0.25, 0.3) is 5.70 Å². The molecule has 22 heavy (non-hydrogen) atoms. The molecule has 1 aliphatic heterocycles. The van der Waals surface area contributed by atoms with Crippen LogP contribution >= 0.6 is 0 Å². The van der Waals surface area contributed by atoms with E-state index in [4.69, 9.17) is 16.6 Å². The predicted molar refractivity (Wildman–Crippen MR) is 87.4 cm³/mol. The summed E-state index contributed by atoms with van der Waals surface area (Å²) in [6, 6.07) is 9.98. The molecule has 0 N–H and O–H groups in total. The summed E-state index contributed by atoms with van der Waals surface area (Å²) < 4.78 is 5.37. The molecule has 0 aromatic heterocycles.